The zero-order valence-electron chi connectivity index (χ0n) is 15.3. The van der Waals surface area contributed by atoms with E-state index in [2.05, 4.69) is 5.32 Å². The second-order valence-electron chi connectivity index (χ2n) is 6.48. The maximum Gasteiger partial charge on any atom is 0.253 e. The summed E-state index contributed by atoms with van der Waals surface area (Å²) in [7, 11) is -2.15. The lowest BCUT2D eigenvalue weighted by molar-refractivity contribution is -0.119. The molecule has 0 aliphatic carbocycles. The van der Waals surface area contributed by atoms with E-state index < -0.39 is 27.8 Å². The lowest BCUT2D eigenvalue weighted by Gasteiger charge is -2.16. The molecular formula is C19H19ClN2O5S. The van der Waals surface area contributed by atoms with E-state index in [1.54, 1.807) is 26.2 Å². The summed E-state index contributed by atoms with van der Waals surface area (Å²) < 4.78 is 30.2. The van der Waals surface area contributed by atoms with E-state index in [1.165, 1.54) is 18.2 Å². The Hall–Kier alpha value is -2.58. The van der Waals surface area contributed by atoms with Gasteiger partial charge >= 0.3 is 0 Å². The van der Waals surface area contributed by atoms with Crippen LogP contribution in [-0.4, -0.2) is 33.1 Å². The molecule has 9 heteroatoms. The Morgan fingerprint density at radius 1 is 1.25 bits per heavy atom. The Labute approximate surface area is 168 Å². The Morgan fingerprint density at radius 3 is 2.46 bits per heavy atom. The van der Waals surface area contributed by atoms with Crippen molar-refractivity contribution < 1.29 is 22.7 Å². The van der Waals surface area contributed by atoms with E-state index in [1.807, 2.05) is 12.1 Å². The normalized spacial score (nSPS) is 18.2. The zero-order chi connectivity index (χ0) is 20.5. The van der Waals surface area contributed by atoms with Crippen molar-refractivity contribution in [3.8, 4) is 5.75 Å². The van der Waals surface area contributed by atoms with Crippen molar-refractivity contribution in [3.05, 3.63) is 58.6 Å². The molecule has 1 aliphatic rings. The van der Waals surface area contributed by atoms with Crippen LogP contribution < -0.4 is 14.4 Å². The number of carbonyl (C=O) groups excluding carboxylic acids is 2. The number of nitrogens with one attached hydrogen (secondary N) is 1. The smallest absolute Gasteiger partial charge is 0.253 e. The Kier molecular flexibility index (Phi) is 5.62. The molecule has 0 aromatic heterocycles. The minimum Gasteiger partial charge on any atom is -0.497 e. The monoisotopic (exact) mass is 422 g/mol. The maximum atomic E-state index is 12.4. The molecule has 2 aromatic carbocycles. The van der Waals surface area contributed by atoms with E-state index in [0.29, 0.717) is 0 Å². The molecule has 2 amide bonds. The number of hydrogen-bond acceptors (Lipinski definition) is 5. The number of methoxy groups -OCH3 is 1. The van der Waals surface area contributed by atoms with E-state index in [9.17, 15) is 18.0 Å². The number of benzene rings is 2. The molecule has 7 nitrogen and oxygen atoms in total. The summed E-state index contributed by atoms with van der Waals surface area (Å²) >= 11 is 6.19. The zero-order valence-corrected chi connectivity index (χ0v) is 16.9. The summed E-state index contributed by atoms with van der Waals surface area (Å²) in [6, 6.07) is 11.4. The fourth-order valence-corrected chi connectivity index (χ4v) is 5.00. The van der Waals surface area contributed by atoms with Gasteiger partial charge in [-0.2, -0.15) is 0 Å². The van der Waals surface area contributed by atoms with Crippen molar-refractivity contribution >= 4 is 39.1 Å². The lowest BCUT2D eigenvalue weighted by atomic mass is 10.1. The highest BCUT2D eigenvalue weighted by atomic mass is 35.5. The van der Waals surface area contributed by atoms with Crippen molar-refractivity contribution in [2.45, 2.75) is 13.5 Å². The summed E-state index contributed by atoms with van der Waals surface area (Å²) in [5.74, 6) is -1.05. The highest BCUT2D eigenvalue weighted by Gasteiger charge is 2.42. The van der Waals surface area contributed by atoms with Gasteiger partial charge in [-0.25, -0.2) is 12.7 Å². The molecule has 3 rings (SSSR count). The van der Waals surface area contributed by atoms with Crippen molar-refractivity contribution in [1.29, 1.82) is 0 Å². The van der Waals surface area contributed by atoms with Crippen LogP contribution in [0, 0.1) is 5.92 Å². The molecule has 148 valence electrons. The molecule has 0 saturated carbocycles. The SMILES string of the molecule is COc1ccc(CNC(=O)c2ccc(N3C(=O)[C@H](C)CS3(=O)=O)cc2Cl)cc1. The molecule has 1 atom stereocenters. The lowest BCUT2D eigenvalue weighted by Crippen LogP contribution is -2.30. The van der Waals surface area contributed by atoms with Gasteiger partial charge in [-0.1, -0.05) is 30.7 Å². The third-order valence-electron chi connectivity index (χ3n) is 4.40. The Balaban J connectivity index is 1.74. The summed E-state index contributed by atoms with van der Waals surface area (Å²) in [6.07, 6.45) is 0. The van der Waals surface area contributed by atoms with Gasteiger partial charge in [0.25, 0.3) is 5.91 Å². The Bertz CT molecular complexity index is 1020. The summed E-state index contributed by atoms with van der Waals surface area (Å²) in [6.45, 7) is 1.85. The molecule has 1 aliphatic heterocycles. The molecule has 0 bridgehead atoms. The average Bonchev–Trinajstić information content (AvgIpc) is 2.86. The van der Waals surface area contributed by atoms with Crippen LogP contribution in [0.3, 0.4) is 0 Å². The van der Waals surface area contributed by atoms with E-state index in [-0.39, 0.29) is 28.6 Å². The number of halogens is 1. The van der Waals surface area contributed by atoms with Crippen molar-refractivity contribution in [3.63, 3.8) is 0 Å². The largest absolute Gasteiger partial charge is 0.497 e. The molecule has 0 radical (unpaired) electrons. The van der Waals surface area contributed by atoms with E-state index in [4.69, 9.17) is 16.3 Å². The van der Waals surface area contributed by atoms with Crippen LogP contribution in [0.5, 0.6) is 5.75 Å². The van der Waals surface area contributed by atoms with Gasteiger partial charge in [0.1, 0.15) is 5.75 Å². The molecule has 0 unspecified atom stereocenters. The van der Waals surface area contributed by atoms with Crippen molar-refractivity contribution in [2.75, 3.05) is 17.2 Å². The predicted molar refractivity (Wildman–Crippen MR) is 106 cm³/mol. The fraction of sp³-hybridized carbons (Fsp3) is 0.263. The average molecular weight is 423 g/mol. The van der Waals surface area contributed by atoms with Crippen LogP contribution in [0.4, 0.5) is 5.69 Å². The van der Waals surface area contributed by atoms with Crippen LogP contribution >= 0.6 is 11.6 Å². The number of sulfonamides is 1. The third kappa shape index (κ3) is 3.98. The van der Waals surface area contributed by atoms with Gasteiger partial charge in [0, 0.05) is 6.54 Å². The summed E-state index contributed by atoms with van der Waals surface area (Å²) in [5, 5.41) is 2.81. The Morgan fingerprint density at radius 2 is 1.93 bits per heavy atom. The summed E-state index contributed by atoms with van der Waals surface area (Å²) in [4.78, 5) is 24.6. The quantitative estimate of drug-likeness (QED) is 0.799. The second-order valence-corrected chi connectivity index (χ2v) is 8.75. The number of carbonyl (C=O) groups is 2. The number of ether oxygens (including phenoxy) is 1. The number of rotatable bonds is 5. The fourth-order valence-electron chi connectivity index (χ4n) is 2.92. The molecular weight excluding hydrogens is 404 g/mol. The van der Waals surface area contributed by atoms with Gasteiger partial charge in [-0.3, -0.25) is 9.59 Å². The summed E-state index contributed by atoms with van der Waals surface area (Å²) in [5.41, 5.74) is 1.20. The molecule has 1 fully saturated rings. The van der Waals surface area contributed by atoms with Gasteiger partial charge in [0.15, 0.2) is 0 Å². The van der Waals surface area contributed by atoms with Gasteiger partial charge in [-0.05, 0) is 35.9 Å². The van der Waals surface area contributed by atoms with Crippen molar-refractivity contribution in [2.24, 2.45) is 5.92 Å². The molecule has 28 heavy (non-hydrogen) atoms. The molecule has 2 aromatic rings. The van der Waals surface area contributed by atoms with Gasteiger partial charge in [-0.15, -0.1) is 0 Å². The first kappa shape index (κ1) is 20.2. The highest BCUT2D eigenvalue weighted by Crippen LogP contribution is 2.31. The first-order valence-corrected chi connectivity index (χ1v) is 10.5. The van der Waals surface area contributed by atoms with Gasteiger partial charge in [0.05, 0.1) is 35.1 Å². The van der Waals surface area contributed by atoms with Gasteiger partial charge < -0.3 is 10.1 Å². The number of hydrogen-bond donors (Lipinski definition) is 1. The van der Waals surface area contributed by atoms with E-state index >= 15 is 0 Å². The van der Waals surface area contributed by atoms with Crippen LogP contribution in [0.1, 0.15) is 22.8 Å². The molecule has 1 saturated heterocycles. The van der Waals surface area contributed by atoms with E-state index in [0.717, 1.165) is 15.6 Å². The topological polar surface area (TPSA) is 92.8 Å². The first-order valence-electron chi connectivity index (χ1n) is 8.50. The molecule has 0 spiro atoms. The molecule has 1 heterocycles. The second kappa shape index (κ2) is 7.81. The van der Waals surface area contributed by atoms with Crippen LogP contribution in [0.25, 0.3) is 0 Å². The predicted octanol–water partition coefficient (Wildman–Crippen LogP) is 2.59. The first-order chi connectivity index (χ1) is 13.2. The van der Waals surface area contributed by atoms with Crippen molar-refractivity contribution in [1.82, 2.24) is 5.32 Å². The van der Waals surface area contributed by atoms with Gasteiger partial charge in [0.2, 0.25) is 15.9 Å². The number of amides is 2. The minimum atomic E-state index is -3.73. The highest BCUT2D eigenvalue weighted by molar-refractivity contribution is 7.94. The number of anilines is 1. The van der Waals surface area contributed by atoms with Crippen LogP contribution in [-0.2, 0) is 21.4 Å². The minimum absolute atomic E-state index is 0.0623. The number of nitrogens with zero attached hydrogens (tertiary/aromatic N) is 1. The third-order valence-corrected chi connectivity index (χ3v) is 6.59. The van der Waals surface area contributed by atoms with Crippen LogP contribution in [0.2, 0.25) is 5.02 Å². The standard InChI is InChI=1S/C19H19ClN2O5S/c1-12-11-28(25,26)22(19(12)24)14-5-8-16(17(20)9-14)18(23)21-10-13-3-6-15(27-2)7-4-13/h3-9,12H,10-11H2,1-2H3,(H,21,23)/t12-/m1/s1. The maximum absolute atomic E-state index is 12.4. The van der Waals surface area contributed by atoms with Crippen LogP contribution in [0.15, 0.2) is 42.5 Å². The molecule has 1 N–H and O–H groups in total.